The summed E-state index contributed by atoms with van der Waals surface area (Å²) >= 11 is 0. The fourth-order valence-electron chi connectivity index (χ4n) is 2.75. The first-order chi connectivity index (χ1) is 10.1. The lowest BCUT2D eigenvalue weighted by Gasteiger charge is -2.35. The molecule has 1 aromatic rings. The van der Waals surface area contributed by atoms with E-state index >= 15 is 0 Å². The number of para-hydroxylation sites is 2. The number of carbonyl (C=O) groups excluding carboxylic acids is 2. The Morgan fingerprint density at radius 1 is 1.33 bits per heavy atom. The zero-order valence-electron chi connectivity index (χ0n) is 12.6. The van der Waals surface area contributed by atoms with Crippen LogP contribution in [0.25, 0.3) is 0 Å². The van der Waals surface area contributed by atoms with Crippen molar-refractivity contribution < 1.29 is 14.3 Å². The number of ketones is 1. The highest BCUT2D eigenvalue weighted by molar-refractivity contribution is 5.91. The second kappa shape index (κ2) is 7.11. The summed E-state index contributed by atoms with van der Waals surface area (Å²) in [4.78, 5) is 25.6. The maximum absolute atomic E-state index is 12.5. The van der Waals surface area contributed by atoms with E-state index in [-0.39, 0.29) is 17.9 Å². The Kier molecular flexibility index (Phi) is 5.20. The second-order valence-corrected chi connectivity index (χ2v) is 5.38. The molecule has 0 aliphatic carbocycles. The predicted molar refractivity (Wildman–Crippen MR) is 81.7 cm³/mol. The Hall–Kier alpha value is -2.04. The van der Waals surface area contributed by atoms with Crippen LogP contribution in [0, 0.1) is 0 Å². The summed E-state index contributed by atoms with van der Waals surface area (Å²) in [5, 5.41) is 2.89. The highest BCUT2D eigenvalue weighted by Crippen LogP contribution is 2.25. The molecule has 2 rings (SSSR count). The molecule has 1 aromatic carbocycles. The van der Waals surface area contributed by atoms with Crippen molar-refractivity contribution in [3.05, 3.63) is 24.3 Å². The maximum atomic E-state index is 12.5. The van der Waals surface area contributed by atoms with Gasteiger partial charge in [-0.05, 0) is 38.3 Å². The van der Waals surface area contributed by atoms with Crippen LogP contribution < -0.4 is 10.1 Å². The zero-order chi connectivity index (χ0) is 15.2. The molecular weight excluding hydrogens is 268 g/mol. The summed E-state index contributed by atoms with van der Waals surface area (Å²) in [7, 11) is 1.57. The number of methoxy groups -OCH3 is 1. The number of urea groups is 1. The van der Waals surface area contributed by atoms with E-state index in [4.69, 9.17) is 4.74 Å². The number of likely N-dealkylation sites (tertiary alicyclic amines) is 1. The fourth-order valence-corrected chi connectivity index (χ4v) is 2.75. The van der Waals surface area contributed by atoms with Crippen molar-refractivity contribution in [3.63, 3.8) is 0 Å². The first-order valence-corrected chi connectivity index (χ1v) is 7.32. The van der Waals surface area contributed by atoms with Crippen molar-refractivity contribution in [2.24, 2.45) is 0 Å². The quantitative estimate of drug-likeness (QED) is 0.927. The molecule has 1 aliphatic heterocycles. The van der Waals surface area contributed by atoms with E-state index in [1.54, 1.807) is 31.1 Å². The third-order valence-corrected chi connectivity index (χ3v) is 3.76. The van der Waals surface area contributed by atoms with Crippen molar-refractivity contribution in [1.29, 1.82) is 0 Å². The van der Waals surface area contributed by atoms with Crippen molar-refractivity contribution in [3.8, 4) is 5.75 Å². The molecule has 0 spiro atoms. The lowest BCUT2D eigenvalue weighted by molar-refractivity contribution is -0.118. The van der Waals surface area contributed by atoms with Crippen LogP contribution in [0.1, 0.15) is 32.6 Å². The Morgan fingerprint density at radius 2 is 2.10 bits per heavy atom. The molecule has 1 unspecified atom stereocenters. The average Bonchev–Trinajstić information content (AvgIpc) is 2.47. The number of hydrogen-bond donors (Lipinski definition) is 1. The normalized spacial score (nSPS) is 18.2. The summed E-state index contributed by atoms with van der Waals surface area (Å²) in [6, 6.07) is 7.16. The zero-order valence-corrected chi connectivity index (χ0v) is 12.6. The van der Waals surface area contributed by atoms with E-state index in [0.717, 1.165) is 19.3 Å². The minimum Gasteiger partial charge on any atom is -0.495 e. The van der Waals surface area contributed by atoms with Crippen LogP contribution >= 0.6 is 0 Å². The third-order valence-electron chi connectivity index (χ3n) is 3.76. The first-order valence-electron chi connectivity index (χ1n) is 7.32. The number of hydrogen-bond acceptors (Lipinski definition) is 3. The van der Waals surface area contributed by atoms with Crippen molar-refractivity contribution in [2.75, 3.05) is 19.0 Å². The van der Waals surface area contributed by atoms with Crippen LogP contribution in [0.5, 0.6) is 5.75 Å². The monoisotopic (exact) mass is 290 g/mol. The molecule has 2 amide bonds. The SMILES string of the molecule is COc1ccccc1NC(=O)N1CCCCC1CC(C)=O. The maximum Gasteiger partial charge on any atom is 0.322 e. The number of anilines is 1. The van der Waals surface area contributed by atoms with Gasteiger partial charge in [0.05, 0.1) is 12.8 Å². The highest BCUT2D eigenvalue weighted by Gasteiger charge is 2.27. The molecule has 0 saturated carbocycles. The summed E-state index contributed by atoms with van der Waals surface area (Å²) < 4.78 is 5.24. The van der Waals surface area contributed by atoms with Gasteiger partial charge in [-0.2, -0.15) is 0 Å². The number of Topliss-reactive ketones (excluding diaryl/α,β-unsaturated/α-hetero) is 1. The Labute approximate surface area is 125 Å². The molecule has 114 valence electrons. The fraction of sp³-hybridized carbons (Fsp3) is 0.500. The van der Waals surface area contributed by atoms with Gasteiger partial charge in [-0.3, -0.25) is 4.79 Å². The van der Waals surface area contributed by atoms with Gasteiger partial charge in [0.25, 0.3) is 0 Å². The molecule has 21 heavy (non-hydrogen) atoms. The van der Waals surface area contributed by atoms with Crippen molar-refractivity contribution >= 4 is 17.5 Å². The van der Waals surface area contributed by atoms with E-state index < -0.39 is 0 Å². The third kappa shape index (κ3) is 3.97. The van der Waals surface area contributed by atoms with Crippen molar-refractivity contribution in [1.82, 2.24) is 4.90 Å². The summed E-state index contributed by atoms with van der Waals surface area (Å²) in [6.07, 6.45) is 3.36. The molecule has 0 radical (unpaired) electrons. The molecule has 1 aliphatic rings. The number of nitrogens with zero attached hydrogens (tertiary/aromatic N) is 1. The van der Waals surface area contributed by atoms with Crippen LogP contribution in [0.2, 0.25) is 0 Å². The molecule has 5 heteroatoms. The topological polar surface area (TPSA) is 58.6 Å². The van der Waals surface area contributed by atoms with Gasteiger partial charge < -0.3 is 15.0 Å². The Balaban J connectivity index is 2.08. The van der Waals surface area contributed by atoms with Gasteiger partial charge in [-0.1, -0.05) is 12.1 Å². The van der Waals surface area contributed by atoms with Gasteiger partial charge in [0.15, 0.2) is 0 Å². The van der Waals surface area contributed by atoms with E-state index in [0.29, 0.717) is 24.4 Å². The highest BCUT2D eigenvalue weighted by atomic mass is 16.5. The number of benzene rings is 1. The Bertz CT molecular complexity index is 516. The van der Waals surface area contributed by atoms with Gasteiger partial charge in [0.1, 0.15) is 11.5 Å². The molecule has 1 atom stereocenters. The molecule has 1 heterocycles. The van der Waals surface area contributed by atoms with E-state index in [9.17, 15) is 9.59 Å². The summed E-state index contributed by atoms with van der Waals surface area (Å²) in [6.45, 7) is 2.27. The molecular formula is C16H22N2O3. The Morgan fingerprint density at radius 3 is 2.81 bits per heavy atom. The number of nitrogens with one attached hydrogen (secondary N) is 1. The van der Waals surface area contributed by atoms with Crippen LogP contribution in [-0.4, -0.2) is 36.4 Å². The van der Waals surface area contributed by atoms with Crippen LogP contribution in [0.3, 0.4) is 0 Å². The van der Waals surface area contributed by atoms with E-state index in [2.05, 4.69) is 5.32 Å². The van der Waals surface area contributed by atoms with Gasteiger partial charge in [0.2, 0.25) is 0 Å². The molecule has 1 fully saturated rings. The molecule has 1 N–H and O–H groups in total. The molecule has 0 aromatic heterocycles. The van der Waals surface area contributed by atoms with Gasteiger partial charge >= 0.3 is 6.03 Å². The lowest BCUT2D eigenvalue weighted by atomic mass is 9.98. The largest absolute Gasteiger partial charge is 0.495 e. The number of amides is 2. The number of piperidine rings is 1. The molecule has 1 saturated heterocycles. The smallest absolute Gasteiger partial charge is 0.322 e. The molecule has 5 nitrogen and oxygen atoms in total. The van der Waals surface area contributed by atoms with Gasteiger partial charge in [-0.15, -0.1) is 0 Å². The molecule has 0 bridgehead atoms. The van der Waals surface area contributed by atoms with E-state index in [1.807, 2.05) is 12.1 Å². The number of carbonyl (C=O) groups is 2. The summed E-state index contributed by atoms with van der Waals surface area (Å²) in [5.74, 6) is 0.753. The van der Waals surface area contributed by atoms with E-state index in [1.165, 1.54) is 0 Å². The minimum absolute atomic E-state index is 0.00552. The lowest BCUT2D eigenvalue weighted by Crippen LogP contribution is -2.46. The minimum atomic E-state index is -0.162. The predicted octanol–water partition coefficient (Wildman–Crippen LogP) is 3.06. The van der Waals surface area contributed by atoms with Crippen molar-refractivity contribution in [2.45, 2.75) is 38.6 Å². The summed E-state index contributed by atoms with van der Waals surface area (Å²) in [5.41, 5.74) is 0.650. The van der Waals surface area contributed by atoms with Crippen LogP contribution in [0.4, 0.5) is 10.5 Å². The van der Waals surface area contributed by atoms with Gasteiger partial charge in [0, 0.05) is 19.0 Å². The standard InChI is InChI=1S/C16H22N2O3/c1-12(19)11-13-7-5-6-10-18(13)16(20)17-14-8-3-4-9-15(14)21-2/h3-4,8-9,13H,5-7,10-11H2,1-2H3,(H,17,20). The van der Waals surface area contributed by atoms with Crippen LogP contribution in [-0.2, 0) is 4.79 Å². The first kappa shape index (κ1) is 15.4. The van der Waals surface area contributed by atoms with Crippen LogP contribution in [0.15, 0.2) is 24.3 Å². The number of rotatable bonds is 4. The van der Waals surface area contributed by atoms with Gasteiger partial charge in [-0.25, -0.2) is 4.79 Å². The second-order valence-electron chi connectivity index (χ2n) is 5.38. The average molecular weight is 290 g/mol. The number of ether oxygens (including phenoxy) is 1.